The van der Waals surface area contributed by atoms with Crippen molar-refractivity contribution < 1.29 is 9.32 Å². The highest BCUT2D eigenvalue weighted by atomic mass is 32.2. The van der Waals surface area contributed by atoms with E-state index in [0.29, 0.717) is 23.5 Å². The Morgan fingerprint density at radius 1 is 1.24 bits per heavy atom. The summed E-state index contributed by atoms with van der Waals surface area (Å²) < 4.78 is 5.17. The molecule has 2 aromatic rings. The van der Waals surface area contributed by atoms with Gasteiger partial charge in [0.05, 0.1) is 11.3 Å². The van der Waals surface area contributed by atoms with Crippen molar-refractivity contribution in [1.82, 2.24) is 15.0 Å². The second kappa shape index (κ2) is 8.52. The number of thioether (sulfide) groups is 1. The second-order valence-electron chi connectivity index (χ2n) is 6.58. The molecule has 1 aliphatic rings. The molecular weight excluding hydrogens is 334 g/mol. The minimum absolute atomic E-state index is 0.108. The number of amides is 1. The van der Waals surface area contributed by atoms with Gasteiger partial charge in [0.2, 0.25) is 5.89 Å². The van der Waals surface area contributed by atoms with Crippen molar-refractivity contribution in [2.45, 2.75) is 62.1 Å². The number of nitrogens with zero attached hydrogens (tertiary/aromatic N) is 3. The molecule has 1 amide bonds. The maximum atomic E-state index is 13.1. The molecule has 0 radical (unpaired) electrons. The van der Waals surface area contributed by atoms with Crippen LogP contribution in [-0.4, -0.2) is 34.0 Å². The first-order valence-corrected chi connectivity index (χ1v) is 9.92. The summed E-state index contributed by atoms with van der Waals surface area (Å²) in [6.07, 6.45) is 7.23. The van der Waals surface area contributed by atoms with Crippen molar-refractivity contribution in [3.63, 3.8) is 0 Å². The molecule has 134 valence electrons. The summed E-state index contributed by atoms with van der Waals surface area (Å²) in [5, 5.41) is 3.81. The lowest BCUT2D eigenvalue weighted by Crippen LogP contribution is -2.37. The molecule has 0 aliphatic heterocycles. The lowest BCUT2D eigenvalue weighted by atomic mass is 10.1. The molecule has 1 heterocycles. The average Bonchev–Trinajstić information content (AvgIpc) is 2.87. The molecular formula is C19H25N3O2S. The average molecular weight is 359 g/mol. The van der Waals surface area contributed by atoms with Gasteiger partial charge in [-0.25, -0.2) is 0 Å². The summed E-state index contributed by atoms with van der Waals surface area (Å²) >= 11 is 1.57. The van der Waals surface area contributed by atoms with Crippen LogP contribution in [-0.2, 0) is 5.75 Å². The maximum Gasteiger partial charge on any atom is 0.254 e. The SMILES string of the molecule is Cc1noc(CSc2ccccc2C(=O)N(C)C2CCCCCC2)n1. The van der Waals surface area contributed by atoms with Gasteiger partial charge in [-0.2, -0.15) is 4.98 Å². The lowest BCUT2D eigenvalue weighted by molar-refractivity contribution is 0.0714. The predicted molar refractivity (Wildman–Crippen MR) is 98.6 cm³/mol. The minimum Gasteiger partial charge on any atom is -0.339 e. The third-order valence-corrected chi connectivity index (χ3v) is 5.79. The van der Waals surface area contributed by atoms with Crippen molar-refractivity contribution >= 4 is 17.7 Å². The number of aryl methyl sites for hydroxylation is 1. The molecule has 25 heavy (non-hydrogen) atoms. The maximum absolute atomic E-state index is 13.1. The first kappa shape index (κ1) is 18.0. The number of carbonyl (C=O) groups is 1. The normalized spacial score (nSPS) is 15.8. The molecule has 0 N–H and O–H groups in total. The monoisotopic (exact) mass is 359 g/mol. The highest BCUT2D eigenvalue weighted by Gasteiger charge is 2.24. The van der Waals surface area contributed by atoms with E-state index >= 15 is 0 Å². The van der Waals surface area contributed by atoms with Crippen LogP contribution in [0.5, 0.6) is 0 Å². The van der Waals surface area contributed by atoms with Crippen LogP contribution in [0.4, 0.5) is 0 Å². The molecule has 1 fully saturated rings. The van der Waals surface area contributed by atoms with Gasteiger partial charge in [0, 0.05) is 18.0 Å². The highest BCUT2D eigenvalue weighted by molar-refractivity contribution is 7.98. The Labute approximate surface area is 153 Å². The standard InChI is InChI=1S/C19H25N3O2S/c1-14-20-18(24-21-14)13-25-17-12-8-7-11-16(17)19(23)22(2)15-9-5-3-4-6-10-15/h7-8,11-12,15H,3-6,9-10,13H2,1-2H3. The van der Waals surface area contributed by atoms with Gasteiger partial charge in [-0.1, -0.05) is 43.0 Å². The van der Waals surface area contributed by atoms with Crippen LogP contribution in [0, 0.1) is 6.92 Å². The summed E-state index contributed by atoms with van der Waals surface area (Å²) in [6.45, 7) is 1.80. The number of benzene rings is 1. The molecule has 3 rings (SSSR count). The van der Waals surface area contributed by atoms with Gasteiger partial charge >= 0.3 is 0 Å². The molecule has 1 aliphatic carbocycles. The quantitative estimate of drug-likeness (QED) is 0.582. The zero-order valence-corrected chi connectivity index (χ0v) is 15.7. The molecule has 0 unspecified atom stereocenters. The summed E-state index contributed by atoms with van der Waals surface area (Å²) in [4.78, 5) is 20.2. The van der Waals surface area contributed by atoms with Crippen molar-refractivity contribution in [2.75, 3.05) is 7.05 Å². The van der Waals surface area contributed by atoms with Gasteiger partial charge in [-0.05, 0) is 31.9 Å². The fraction of sp³-hybridized carbons (Fsp3) is 0.526. The topological polar surface area (TPSA) is 59.2 Å². The Morgan fingerprint density at radius 2 is 1.96 bits per heavy atom. The van der Waals surface area contributed by atoms with E-state index in [1.54, 1.807) is 18.7 Å². The smallest absolute Gasteiger partial charge is 0.254 e. The number of rotatable bonds is 5. The molecule has 5 nitrogen and oxygen atoms in total. The van der Waals surface area contributed by atoms with Crippen LogP contribution in [0.25, 0.3) is 0 Å². The van der Waals surface area contributed by atoms with Gasteiger partial charge < -0.3 is 9.42 Å². The van der Waals surface area contributed by atoms with E-state index in [4.69, 9.17) is 4.52 Å². The molecule has 0 bridgehead atoms. The summed E-state index contributed by atoms with van der Waals surface area (Å²) in [5.74, 6) is 1.89. The van der Waals surface area contributed by atoms with Crippen molar-refractivity contribution in [2.24, 2.45) is 0 Å². The van der Waals surface area contributed by atoms with Crippen LogP contribution in [0.2, 0.25) is 0 Å². The van der Waals surface area contributed by atoms with E-state index in [-0.39, 0.29) is 5.91 Å². The summed E-state index contributed by atoms with van der Waals surface area (Å²) in [7, 11) is 1.95. The zero-order chi connectivity index (χ0) is 17.6. The first-order valence-electron chi connectivity index (χ1n) is 8.93. The number of hydrogen-bond acceptors (Lipinski definition) is 5. The first-order chi connectivity index (χ1) is 12.1. The molecule has 1 saturated carbocycles. The van der Waals surface area contributed by atoms with E-state index in [1.807, 2.05) is 36.2 Å². The fourth-order valence-corrected chi connectivity index (χ4v) is 4.19. The van der Waals surface area contributed by atoms with Crippen LogP contribution in [0.1, 0.15) is 60.6 Å². The molecule has 1 aromatic heterocycles. The second-order valence-corrected chi connectivity index (χ2v) is 7.60. The molecule has 0 spiro atoms. The Balaban J connectivity index is 1.71. The van der Waals surface area contributed by atoms with Gasteiger partial charge in [-0.15, -0.1) is 11.8 Å². The molecule has 1 aromatic carbocycles. The third kappa shape index (κ3) is 4.63. The van der Waals surface area contributed by atoms with Gasteiger partial charge in [0.15, 0.2) is 5.82 Å². The van der Waals surface area contributed by atoms with E-state index < -0.39 is 0 Å². The van der Waals surface area contributed by atoms with Gasteiger partial charge in [0.25, 0.3) is 5.91 Å². The zero-order valence-electron chi connectivity index (χ0n) is 14.9. The van der Waals surface area contributed by atoms with Crippen molar-refractivity contribution in [3.05, 3.63) is 41.5 Å². The summed E-state index contributed by atoms with van der Waals surface area (Å²) in [5.41, 5.74) is 0.760. The number of carbonyl (C=O) groups excluding carboxylic acids is 1. The number of aromatic nitrogens is 2. The minimum atomic E-state index is 0.108. The van der Waals surface area contributed by atoms with Gasteiger partial charge in [0.1, 0.15) is 0 Å². The Bertz CT molecular complexity index is 708. The molecule has 0 saturated heterocycles. The van der Waals surface area contributed by atoms with Crippen LogP contribution < -0.4 is 0 Å². The Kier molecular flexibility index (Phi) is 6.13. The lowest BCUT2D eigenvalue weighted by Gasteiger charge is -2.28. The van der Waals surface area contributed by atoms with E-state index in [1.165, 1.54) is 25.7 Å². The van der Waals surface area contributed by atoms with Gasteiger partial charge in [-0.3, -0.25) is 4.79 Å². The van der Waals surface area contributed by atoms with Crippen LogP contribution in [0.3, 0.4) is 0 Å². The van der Waals surface area contributed by atoms with E-state index in [9.17, 15) is 4.79 Å². The largest absolute Gasteiger partial charge is 0.339 e. The van der Waals surface area contributed by atoms with E-state index in [0.717, 1.165) is 23.3 Å². The molecule has 6 heteroatoms. The fourth-order valence-electron chi connectivity index (χ4n) is 3.31. The van der Waals surface area contributed by atoms with Crippen molar-refractivity contribution in [1.29, 1.82) is 0 Å². The van der Waals surface area contributed by atoms with Crippen LogP contribution in [0.15, 0.2) is 33.7 Å². The Morgan fingerprint density at radius 3 is 2.64 bits per heavy atom. The van der Waals surface area contributed by atoms with Crippen molar-refractivity contribution in [3.8, 4) is 0 Å². The predicted octanol–water partition coefficient (Wildman–Crippen LogP) is 4.47. The number of hydrogen-bond donors (Lipinski definition) is 0. The molecule has 0 atom stereocenters. The Hall–Kier alpha value is -1.82. The van der Waals surface area contributed by atoms with E-state index in [2.05, 4.69) is 10.1 Å². The third-order valence-electron chi connectivity index (χ3n) is 4.73. The summed E-state index contributed by atoms with van der Waals surface area (Å²) in [6, 6.07) is 8.14. The highest BCUT2D eigenvalue weighted by Crippen LogP contribution is 2.28. The van der Waals surface area contributed by atoms with Crippen LogP contribution >= 0.6 is 11.8 Å².